The normalized spacial score (nSPS) is 19.3. The number of hydrogen-bond donors (Lipinski definition) is 1. The van der Waals surface area contributed by atoms with E-state index in [0.29, 0.717) is 77.6 Å². The minimum Gasteiger partial charge on any atom is -0.376 e. The highest BCUT2D eigenvalue weighted by atomic mass is 19.1. The predicted octanol–water partition coefficient (Wildman–Crippen LogP) is 6.73. The number of halogens is 2. The van der Waals surface area contributed by atoms with Gasteiger partial charge in [0.1, 0.15) is 11.6 Å². The minimum atomic E-state index is -0.751. The first-order valence-electron chi connectivity index (χ1n) is 21.2. The van der Waals surface area contributed by atoms with Gasteiger partial charge < -0.3 is 14.0 Å². The molecule has 0 radical (unpaired) electrons. The fourth-order valence-corrected chi connectivity index (χ4v) is 10.1. The van der Waals surface area contributed by atoms with Gasteiger partial charge in [-0.1, -0.05) is 11.2 Å². The maximum atomic E-state index is 16.1. The van der Waals surface area contributed by atoms with Crippen molar-refractivity contribution in [2.75, 3.05) is 13.2 Å². The topological polar surface area (TPSA) is 155 Å². The molecule has 1 amide bonds. The Morgan fingerprint density at radius 2 is 1.79 bits per heavy atom. The van der Waals surface area contributed by atoms with E-state index in [0.717, 1.165) is 29.5 Å². The van der Waals surface area contributed by atoms with Crippen molar-refractivity contribution in [1.29, 1.82) is 0 Å². The smallest absolute Gasteiger partial charge is 0.376 e. The third-order valence-corrected chi connectivity index (χ3v) is 13.5. The molecule has 2 aromatic carbocycles. The van der Waals surface area contributed by atoms with E-state index < -0.39 is 34.5 Å². The van der Waals surface area contributed by atoms with Crippen molar-refractivity contribution in [3.63, 3.8) is 0 Å². The van der Waals surface area contributed by atoms with E-state index in [1.54, 1.807) is 52.6 Å². The zero-order valence-corrected chi connectivity index (χ0v) is 35.4. The van der Waals surface area contributed by atoms with Gasteiger partial charge in [-0.25, -0.2) is 23.1 Å². The van der Waals surface area contributed by atoms with Gasteiger partial charge in [0.25, 0.3) is 5.91 Å². The third kappa shape index (κ3) is 5.99. The van der Waals surface area contributed by atoms with Crippen LogP contribution < -0.4 is 11.4 Å². The molecule has 1 aliphatic carbocycles. The molecule has 1 N–H and O–H groups in total. The second-order valence-corrected chi connectivity index (χ2v) is 17.9. The fraction of sp³-hybridized carbons (Fsp3) is 0.348. The predicted molar refractivity (Wildman–Crippen MR) is 227 cm³/mol. The number of fused-ring (bicyclic) bond motifs is 3. The maximum Gasteiger partial charge on any atom is 0.438 e. The first kappa shape index (κ1) is 39.0. The zero-order chi connectivity index (χ0) is 43.7. The van der Waals surface area contributed by atoms with Crippen LogP contribution in [0.25, 0.3) is 33.6 Å². The van der Waals surface area contributed by atoms with Gasteiger partial charge in [-0.15, -0.1) is 0 Å². The SMILES string of the molecule is Cc1cc(-n2nc3c(c2-n2ccn(-c4ccc5c(cnn5C)c4F)c2=O)[C@H](C)N(C(=O)c2cn4cc([C@H]5CCOC(C)(C)C5)ccc4c2C2(c4noc(=O)[nH]4)CC2)CC3)ccc1F. The number of benzene rings is 2. The lowest BCUT2D eigenvalue weighted by atomic mass is 9.84. The number of pyridine rings is 1. The molecule has 17 heteroatoms. The monoisotopic (exact) mass is 854 g/mol. The number of rotatable bonds is 7. The molecule has 0 bridgehead atoms. The molecular formula is C46H44F2N10O5. The van der Waals surface area contributed by atoms with Crippen LogP contribution >= 0.6 is 0 Å². The van der Waals surface area contributed by atoms with Gasteiger partial charge in [0, 0.05) is 62.5 Å². The van der Waals surface area contributed by atoms with Crippen molar-refractivity contribution in [2.45, 2.75) is 82.8 Å². The molecule has 6 aromatic heterocycles. The molecule has 1 saturated carbocycles. The Kier molecular flexibility index (Phi) is 8.55. The molecular weight excluding hydrogens is 811 g/mol. The van der Waals surface area contributed by atoms with E-state index in [1.807, 2.05) is 17.5 Å². The summed E-state index contributed by atoms with van der Waals surface area (Å²) in [7, 11) is 1.72. The number of hydrogen-bond acceptors (Lipinski definition) is 8. The Morgan fingerprint density at radius 3 is 2.54 bits per heavy atom. The van der Waals surface area contributed by atoms with Gasteiger partial charge in [-0.05, 0) is 107 Å². The molecule has 1 saturated heterocycles. The lowest BCUT2D eigenvalue weighted by molar-refractivity contribution is -0.0593. The highest BCUT2D eigenvalue weighted by Crippen LogP contribution is 2.55. The molecule has 2 fully saturated rings. The van der Waals surface area contributed by atoms with Crippen molar-refractivity contribution in [3.05, 3.63) is 145 Å². The van der Waals surface area contributed by atoms with Gasteiger partial charge in [0.15, 0.2) is 11.6 Å². The third-order valence-electron chi connectivity index (χ3n) is 13.5. The number of aromatic nitrogens is 9. The van der Waals surface area contributed by atoms with Crippen LogP contribution in [0, 0.1) is 18.6 Å². The number of amides is 1. The van der Waals surface area contributed by atoms with Crippen molar-refractivity contribution >= 4 is 22.3 Å². The van der Waals surface area contributed by atoms with E-state index in [2.05, 4.69) is 47.4 Å². The lowest BCUT2D eigenvalue weighted by Crippen LogP contribution is -2.40. The summed E-state index contributed by atoms with van der Waals surface area (Å²) >= 11 is 0. The number of imidazole rings is 1. The van der Waals surface area contributed by atoms with E-state index in [9.17, 15) is 14.0 Å². The average molecular weight is 855 g/mol. The van der Waals surface area contributed by atoms with Gasteiger partial charge in [-0.3, -0.25) is 28.1 Å². The Hall–Kier alpha value is -6.88. The number of nitrogens with one attached hydrogen (secondary N) is 1. The Bertz CT molecular complexity index is 3300. The fourth-order valence-electron chi connectivity index (χ4n) is 10.1. The molecule has 2 atom stereocenters. The van der Waals surface area contributed by atoms with Crippen LogP contribution in [0.1, 0.15) is 103 Å². The molecule has 322 valence electrons. The van der Waals surface area contributed by atoms with Crippen molar-refractivity contribution in [2.24, 2.45) is 7.05 Å². The number of nitrogens with zero attached hydrogens (tertiary/aromatic N) is 9. The second-order valence-electron chi connectivity index (χ2n) is 17.9. The summed E-state index contributed by atoms with van der Waals surface area (Å²) in [6.07, 6.45) is 11.8. The van der Waals surface area contributed by atoms with Crippen LogP contribution in [0.2, 0.25) is 0 Å². The van der Waals surface area contributed by atoms with E-state index in [1.165, 1.54) is 33.7 Å². The molecule has 2 aliphatic heterocycles. The summed E-state index contributed by atoms with van der Waals surface area (Å²) in [6.45, 7) is 8.73. The standard InChI is InChI=1S/C46H44F2N10O5/c1-25-20-29(7-8-32(25)47)58-40(57-18-17-56(44(57)61)36-11-10-34-30(39(36)48)22-49-53(34)5)37-26(2)55(16-12-33(37)51-58)41(59)31-24-54-23-28(27-13-19-62-45(3,4)21-27)6-9-35(54)38(31)46(14-15-46)42-50-43(60)63-52-42/h6-11,17-18,20,22-24,26-27H,12-16,19,21H2,1-5H3,(H,50,52,60)/t26-,27-/m0/s1. The molecule has 8 heterocycles. The van der Waals surface area contributed by atoms with Gasteiger partial charge in [-0.2, -0.15) is 10.2 Å². The maximum absolute atomic E-state index is 16.1. The average Bonchev–Trinajstić information content (AvgIpc) is 3.72. The van der Waals surface area contributed by atoms with E-state index in [4.69, 9.17) is 14.4 Å². The number of aryl methyl sites for hydroxylation is 2. The number of carbonyl (C=O) groups is 1. The van der Waals surface area contributed by atoms with E-state index >= 15 is 9.18 Å². The molecule has 0 spiro atoms. The number of H-pyrrole nitrogens is 1. The van der Waals surface area contributed by atoms with Crippen LogP contribution in [-0.2, 0) is 23.6 Å². The van der Waals surface area contributed by atoms with Crippen LogP contribution in [0.3, 0.4) is 0 Å². The largest absolute Gasteiger partial charge is 0.438 e. The summed E-state index contributed by atoms with van der Waals surface area (Å²) in [5.74, 6) is -0.922. The summed E-state index contributed by atoms with van der Waals surface area (Å²) in [5.41, 5.74) is 4.39. The molecule has 0 unspecified atom stereocenters. The van der Waals surface area contributed by atoms with Gasteiger partial charge >= 0.3 is 11.4 Å². The van der Waals surface area contributed by atoms with Crippen LogP contribution in [0.4, 0.5) is 8.78 Å². The molecule has 15 nitrogen and oxygen atoms in total. The number of ether oxygens (including phenoxy) is 1. The second kappa shape index (κ2) is 13.8. The first-order chi connectivity index (χ1) is 30.2. The van der Waals surface area contributed by atoms with Crippen LogP contribution in [0.15, 0.2) is 87.6 Å². The minimum absolute atomic E-state index is 0.0427. The number of carbonyl (C=O) groups excluding carboxylic acids is 1. The van der Waals surface area contributed by atoms with Crippen LogP contribution in [-0.4, -0.2) is 72.8 Å². The lowest BCUT2D eigenvalue weighted by Gasteiger charge is -2.35. The Labute approximate surface area is 358 Å². The summed E-state index contributed by atoms with van der Waals surface area (Å²) in [5, 5.41) is 13.6. The van der Waals surface area contributed by atoms with E-state index in [-0.39, 0.29) is 28.5 Å². The molecule has 3 aliphatic rings. The molecule has 8 aromatic rings. The van der Waals surface area contributed by atoms with Gasteiger partial charge in [0.05, 0.1) is 62.3 Å². The van der Waals surface area contributed by atoms with Crippen molar-refractivity contribution in [3.8, 4) is 17.2 Å². The molecule has 11 rings (SSSR count). The van der Waals surface area contributed by atoms with Gasteiger partial charge in [0.2, 0.25) is 0 Å². The summed E-state index contributed by atoms with van der Waals surface area (Å²) in [4.78, 5) is 46.8. The van der Waals surface area contributed by atoms with Crippen LogP contribution in [0.5, 0.6) is 0 Å². The summed E-state index contributed by atoms with van der Waals surface area (Å²) < 4.78 is 49.6. The number of aromatic amines is 1. The quantitative estimate of drug-likeness (QED) is 0.185. The Morgan fingerprint density at radius 1 is 1.00 bits per heavy atom. The molecule has 63 heavy (non-hydrogen) atoms. The summed E-state index contributed by atoms with van der Waals surface area (Å²) in [6, 6.07) is 11.4. The zero-order valence-electron chi connectivity index (χ0n) is 35.4. The van der Waals surface area contributed by atoms with Crippen molar-refractivity contribution in [1.82, 2.24) is 48.1 Å². The first-order valence-corrected chi connectivity index (χ1v) is 21.2. The Balaban J connectivity index is 1.04. The highest BCUT2D eigenvalue weighted by Gasteiger charge is 2.53. The van der Waals surface area contributed by atoms with Crippen molar-refractivity contribution < 1.29 is 22.8 Å². The highest BCUT2D eigenvalue weighted by molar-refractivity contribution is 5.99.